The molecule has 0 unspecified atom stereocenters. The molecule has 3 aliphatic rings. The van der Waals surface area contributed by atoms with Crippen molar-refractivity contribution < 1.29 is 13.2 Å². The second-order valence-electron chi connectivity index (χ2n) is 7.52. The monoisotopic (exact) mass is 474 g/mol. The summed E-state index contributed by atoms with van der Waals surface area (Å²) < 4.78 is 38.2. The Morgan fingerprint density at radius 1 is 0.920 bits per heavy atom. The zero-order chi connectivity index (χ0) is 17.2. The third kappa shape index (κ3) is 5.61. The number of guanidine groups is 1. The van der Waals surface area contributed by atoms with Crippen LogP contribution in [0.4, 0.5) is 13.2 Å². The Labute approximate surface area is 165 Å². The summed E-state index contributed by atoms with van der Waals surface area (Å²) in [5, 5.41) is 0. The minimum atomic E-state index is -4.03. The van der Waals surface area contributed by atoms with Crippen molar-refractivity contribution in [2.75, 3.05) is 26.2 Å². The van der Waals surface area contributed by atoms with Crippen LogP contribution >= 0.6 is 24.0 Å². The Kier molecular flexibility index (Phi) is 7.67. The minimum Gasteiger partial charge on any atom is -0.370 e. The third-order valence-corrected chi connectivity index (χ3v) is 5.84. The molecular weight excluding hydrogens is 444 g/mol. The number of nitrogens with zero attached hydrogens (tertiary/aromatic N) is 3. The van der Waals surface area contributed by atoms with E-state index < -0.39 is 12.1 Å². The van der Waals surface area contributed by atoms with Crippen molar-refractivity contribution in [3.63, 3.8) is 0 Å². The molecule has 1 aliphatic carbocycles. The van der Waals surface area contributed by atoms with Gasteiger partial charge >= 0.3 is 6.18 Å². The molecule has 0 radical (unpaired) electrons. The van der Waals surface area contributed by atoms with Gasteiger partial charge in [0.25, 0.3) is 0 Å². The number of alkyl halides is 3. The number of rotatable bonds is 2. The van der Waals surface area contributed by atoms with E-state index >= 15 is 0 Å². The average molecular weight is 474 g/mol. The summed E-state index contributed by atoms with van der Waals surface area (Å²) in [7, 11) is 0. The Bertz CT molecular complexity index is 436. The lowest BCUT2D eigenvalue weighted by atomic mass is 9.83. The topological polar surface area (TPSA) is 44.9 Å². The molecule has 0 bridgehead atoms. The van der Waals surface area contributed by atoms with Gasteiger partial charge in [-0.3, -0.25) is 0 Å². The molecule has 0 aromatic carbocycles. The highest BCUT2D eigenvalue weighted by molar-refractivity contribution is 14.0. The van der Waals surface area contributed by atoms with E-state index in [0.29, 0.717) is 25.1 Å². The van der Waals surface area contributed by atoms with Gasteiger partial charge in [0.05, 0.1) is 12.0 Å². The average Bonchev–Trinajstić information content (AvgIpc) is 2.79. The lowest BCUT2D eigenvalue weighted by Crippen LogP contribution is -2.51. The van der Waals surface area contributed by atoms with E-state index in [9.17, 15) is 13.2 Å². The largest absolute Gasteiger partial charge is 0.391 e. The number of hydrogen-bond acceptors (Lipinski definition) is 2. The standard InChI is InChI=1S/C17H29F3N4.HI/c18-17(19,20)13-5-9-23(10-6-13)15-11-14(12-15)22-16(21)24-7-3-1-2-4-8-24;/h13-15H,1-12H2,(H2,21,22);1H. The van der Waals surface area contributed by atoms with Crippen molar-refractivity contribution in [2.45, 2.75) is 69.6 Å². The molecule has 8 heteroatoms. The number of hydrogen-bond donors (Lipinski definition) is 1. The molecule has 0 aromatic heterocycles. The fourth-order valence-corrected chi connectivity index (χ4v) is 4.12. The van der Waals surface area contributed by atoms with E-state index in [2.05, 4.69) is 14.8 Å². The molecule has 0 spiro atoms. The van der Waals surface area contributed by atoms with Crippen LogP contribution in [0.25, 0.3) is 0 Å². The van der Waals surface area contributed by atoms with E-state index in [4.69, 9.17) is 5.73 Å². The van der Waals surface area contributed by atoms with Crippen LogP contribution in [0.3, 0.4) is 0 Å². The molecule has 2 heterocycles. The fourth-order valence-electron chi connectivity index (χ4n) is 4.12. The van der Waals surface area contributed by atoms with Gasteiger partial charge in [-0.25, -0.2) is 4.99 Å². The van der Waals surface area contributed by atoms with Gasteiger partial charge < -0.3 is 15.5 Å². The first-order valence-electron chi connectivity index (χ1n) is 9.32. The predicted molar refractivity (Wildman–Crippen MR) is 104 cm³/mol. The zero-order valence-corrected chi connectivity index (χ0v) is 17.0. The summed E-state index contributed by atoms with van der Waals surface area (Å²) >= 11 is 0. The van der Waals surface area contributed by atoms with Crippen LogP contribution in [0.15, 0.2) is 4.99 Å². The summed E-state index contributed by atoms with van der Waals surface area (Å²) in [5.41, 5.74) is 6.16. The lowest BCUT2D eigenvalue weighted by Gasteiger charge is -2.44. The van der Waals surface area contributed by atoms with Crippen LogP contribution in [0.5, 0.6) is 0 Å². The molecule has 1 saturated carbocycles. The molecule has 2 N–H and O–H groups in total. The number of nitrogens with two attached hydrogens (primary N) is 1. The van der Waals surface area contributed by atoms with Crippen LogP contribution in [0.2, 0.25) is 0 Å². The van der Waals surface area contributed by atoms with Gasteiger partial charge in [0.2, 0.25) is 0 Å². The minimum absolute atomic E-state index is 0. The fraction of sp³-hybridized carbons (Fsp3) is 0.941. The van der Waals surface area contributed by atoms with Crippen molar-refractivity contribution >= 4 is 29.9 Å². The Balaban J connectivity index is 0.00000225. The SMILES string of the molecule is I.NC(=NC1CC(N2CCC(C(F)(F)F)CC2)C1)N1CCCCCC1. The summed E-state index contributed by atoms with van der Waals surface area (Å²) in [5.74, 6) is -0.447. The summed E-state index contributed by atoms with van der Waals surface area (Å²) in [6.45, 7) is 3.12. The normalized spacial score (nSPS) is 30.4. The van der Waals surface area contributed by atoms with Crippen LogP contribution in [-0.2, 0) is 0 Å². The number of aliphatic imine (C=N–C) groups is 1. The van der Waals surface area contributed by atoms with Gasteiger partial charge in [-0.1, -0.05) is 12.8 Å². The highest BCUT2D eigenvalue weighted by Gasteiger charge is 2.43. The van der Waals surface area contributed by atoms with Crippen LogP contribution in [0, 0.1) is 5.92 Å². The van der Waals surface area contributed by atoms with Crippen molar-refractivity contribution in [2.24, 2.45) is 16.6 Å². The molecule has 25 heavy (non-hydrogen) atoms. The van der Waals surface area contributed by atoms with Gasteiger partial charge in [0.15, 0.2) is 5.96 Å². The zero-order valence-electron chi connectivity index (χ0n) is 14.7. The Hall–Kier alpha value is -0.250. The molecule has 0 amide bonds. The van der Waals surface area contributed by atoms with Gasteiger partial charge in [0, 0.05) is 19.1 Å². The lowest BCUT2D eigenvalue weighted by molar-refractivity contribution is -0.187. The van der Waals surface area contributed by atoms with E-state index in [1.807, 2.05) is 0 Å². The van der Waals surface area contributed by atoms with Crippen LogP contribution in [-0.4, -0.2) is 60.2 Å². The third-order valence-electron chi connectivity index (χ3n) is 5.84. The summed E-state index contributed by atoms with van der Waals surface area (Å²) in [6, 6.07) is 0.642. The number of halogens is 4. The molecule has 2 aliphatic heterocycles. The van der Waals surface area contributed by atoms with Crippen molar-refractivity contribution in [3.8, 4) is 0 Å². The maximum Gasteiger partial charge on any atom is 0.391 e. The van der Waals surface area contributed by atoms with Crippen LogP contribution in [0.1, 0.15) is 51.4 Å². The molecule has 3 fully saturated rings. The van der Waals surface area contributed by atoms with Gasteiger partial charge in [-0.2, -0.15) is 13.2 Å². The highest BCUT2D eigenvalue weighted by Crippen LogP contribution is 2.37. The van der Waals surface area contributed by atoms with Crippen molar-refractivity contribution in [1.29, 1.82) is 0 Å². The first kappa shape index (κ1) is 21.1. The molecular formula is C17H30F3IN4. The first-order chi connectivity index (χ1) is 11.4. The predicted octanol–water partition coefficient (Wildman–Crippen LogP) is 3.60. The first-order valence-corrected chi connectivity index (χ1v) is 9.32. The quantitative estimate of drug-likeness (QED) is 0.378. The molecule has 0 aromatic rings. The van der Waals surface area contributed by atoms with Gasteiger partial charge in [0.1, 0.15) is 0 Å². The smallest absolute Gasteiger partial charge is 0.370 e. The molecule has 3 rings (SSSR count). The van der Waals surface area contributed by atoms with E-state index in [1.165, 1.54) is 25.7 Å². The number of likely N-dealkylation sites (tertiary alicyclic amines) is 2. The Morgan fingerprint density at radius 3 is 2.00 bits per heavy atom. The Morgan fingerprint density at radius 2 is 1.48 bits per heavy atom. The van der Waals surface area contributed by atoms with Gasteiger partial charge in [-0.15, -0.1) is 24.0 Å². The molecule has 4 nitrogen and oxygen atoms in total. The van der Waals surface area contributed by atoms with Crippen molar-refractivity contribution in [3.05, 3.63) is 0 Å². The maximum atomic E-state index is 12.7. The highest BCUT2D eigenvalue weighted by atomic mass is 127. The molecule has 146 valence electrons. The summed E-state index contributed by atoms with van der Waals surface area (Å²) in [4.78, 5) is 9.07. The van der Waals surface area contributed by atoms with Gasteiger partial charge in [-0.05, 0) is 51.6 Å². The van der Waals surface area contributed by atoms with E-state index in [0.717, 1.165) is 25.9 Å². The molecule has 2 saturated heterocycles. The maximum absolute atomic E-state index is 12.7. The van der Waals surface area contributed by atoms with E-state index in [-0.39, 0.29) is 42.9 Å². The second kappa shape index (κ2) is 9.10. The second-order valence-corrected chi connectivity index (χ2v) is 7.52. The number of piperidine rings is 1. The summed E-state index contributed by atoms with van der Waals surface area (Å²) in [6.07, 6.45) is 3.21. The van der Waals surface area contributed by atoms with Crippen LogP contribution < -0.4 is 5.73 Å². The van der Waals surface area contributed by atoms with E-state index in [1.54, 1.807) is 0 Å². The van der Waals surface area contributed by atoms with Crippen molar-refractivity contribution in [1.82, 2.24) is 9.80 Å². The molecule has 0 atom stereocenters.